The molecule has 3 aromatic rings. The number of hydrogen-bond donors (Lipinski definition) is 1. The van der Waals surface area contributed by atoms with Crippen molar-refractivity contribution in [2.24, 2.45) is 0 Å². The van der Waals surface area contributed by atoms with Crippen molar-refractivity contribution in [3.05, 3.63) is 95.9 Å². The summed E-state index contributed by atoms with van der Waals surface area (Å²) in [6.45, 7) is 2.61. The van der Waals surface area contributed by atoms with Crippen LogP contribution in [0.5, 0.6) is 5.75 Å². The lowest BCUT2D eigenvalue weighted by molar-refractivity contribution is -0.137. The minimum absolute atomic E-state index is 0.114. The van der Waals surface area contributed by atoms with E-state index in [1.807, 2.05) is 67.6 Å². The second-order valence-electron chi connectivity index (χ2n) is 6.72. The molecular formula is C24H21N3O3. The minimum Gasteiger partial charge on any atom is -0.494 e. The molecule has 1 N–H and O–H groups in total. The monoisotopic (exact) mass is 399 g/mol. The molecule has 1 aliphatic rings. The first-order chi connectivity index (χ1) is 14.7. The van der Waals surface area contributed by atoms with Crippen LogP contribution in [-0.2, 0) is 16.1 Å². The number of carbonyl (C=O) groups is 2. The number of amides is 2. The number of benzene rings is 2. The number of rotatable bonds is 7. The Kier molecular flexibility index (Phi) is 5.57. The van der Waals surface area contributed by atoms with Crippen LogP contribution in [0.1, 0.15) is 18.2 Å². The SMILES string of the molecule is CCOc1ccc(NC2=C(c3ccccc3)C(=O)N(Cc3ccccn3)C2=O)cc1. The third kappa shape index (κ3) is 3.93. The second kappa shape index (κ2) is 8.61. The summed E-state index contributed by atoms with van der Waals surface area (Å²) in [5, 5.41) is 3.15. The van der Waals surface area contributed by atoms with E-state index in [-0.39, 0.29) is 24.1 Å². The quantitative estimate of drug-likeness (QED) is 0.611. The van der Waals surface area contributed by atoms with Crippen molar-refractivity contribution >= 4 is 23.1 Å². The molecule has 0 saturated heterocycles. The largest absolute Gasteiger partial charge is 0.494 e. The first-order valence-corrected chi connectivity index (χ1v) is 9.73. The van der Waals surface area contributed by atoms with E-state index < -0.39 is 0 Å². The lowest BCUT2D eigenvalue weighted by Crippen LogP contribution is -2.32. The molecule has 0 fully saturated rings. The Hall–Kier alpha value is -3.93. The standard InChI is InChI=1S/C24H21N3O3/c1-2-30-20-13-11-18(12-14-20)26-22-21(17-8-4-3-5-9-17)23(28)27(24(22)29)16-19-10-6-7-15-25-19/h3-15,26H,2,16H2,1H3. The fraction of sp³-hybridized carbons (Fsp3) is 0.125. The van der Waals surface area contributed by atoms with E-state index in [0.29, 0.717) is 29.1 Å². The smallest absolute Gasteiger partial charge is 0.278 e. The van der Waals surface area contributed by atoms with Crippen molar-refractivity contribution in [3.8, 4) is 5.75 Å². The van der Waals surface area contributed by atoms with E-state index in [2.05, 4.69) is 10.3 Å². The fourth-order valence-corrected chi connectivity index (χ4v) is 3.31. The van der Waals surface area contributed by atoms with E-state index in [1.165, 1.54) is 4.90 Å². The van der Waals surface area contributed by atoms with Crippen LogP contribution in [-0.4, -0.2) is 28.3 Å². The molecule has 1 aromatic heterocycles. The number of nitrogens with zero attached hydrogens (tertiary/aromatic N) is 2. The highest BCUT2D eigenvalue weighted by molar-refractivity contribution is 6.36. The zero-order valence-corrected chi connectivity index (χ0v) is 16.5. The molecule has 6 nitrogen and oxygen atoms in total. The first-order valence-electron chi connectivity index (χ1n) is 9.73. The number of anilines is 1. The van der Waals surface area contributed by atoms with Crippen molar-refractivity contribution in [3.63, 3.8) is 0 Å². The van der Waals surface area contributed by atoms with Crippen molar-refractivity contribution in [2.45, 2.75) is 13.5 Å². The predicted octanol–water partition coefficient (Wildman–Crippen LogP) is 3.87. The summed E-state index contributed by atoms with van der Waals surface area (Å²) in [5.74, 6) is 0.0228. The number of hydrogen-bond acceptors (Lipinski definition) is 5. The highest BCUT2D eigenvalue weighted by atomic mass is 16.5. The van der Waals surface area contributed by atoms with E-state index in [9.17, 15) is 9.59 Å². The van der Waals surface area contributed by atoms with Crippen LogP contribution < -0.4 is 10.1 Å². The van der Waals surface area contributed by atoms with E-state index in [4.69, 9.17) is 4.74 Å². The van der Waals surface area contributed by atoms with Crippen LogP contribution in [0.2, 0.25) is 0 Å². The van der Waals surface area contributed by atoms with Crippen molar-refractivity contribution in [2.75, 3.05) is 11.9 Å². The van der Waals surface area contributed by atoms with Crippen molar-refractivity contribution < 1.29 is 14.3 Å². The molecule has 150 valence electrons. The highest BCUT2D eigenvalue weighted by Gasteiger charge is 2.39. The number of pyridine rings is 1. The predicted molar refractivity (Wildman–Crippen MR) is 114 cm³/mol. The third-order valence-electron chi connectivity index (χ3n) is 4.71. The van der Waals surface area contributed by atoms with Crippen LogP contribution in [0.3, 0.4) is 0 Å². The molecule has 6 heteroatoms. The van der Waals surface area contributed by atoms with Gasteiger partial charge in [-0.2, -0.15) is 0 Å². The average molecular weight is 399 g/mol. The van der Waals surface area contributed by atoms with Crippen LogP contribution in [0.25, 0.3) is 5.57 Å². The van der Waals surface area contributed by atoms with Gasteiger partial charge in [0.05, 0.1) is 24.4 Å². The average Bonchev–Trinajstić information content (AvgIpc) is 3.01. The molecule has 0 spiro atoms. The van der Waals surface area contributed by atoms with E-state index in [0.717, 1.165) is 5.75 Å². The molecule has 0 atom stereocenters. The summed E-state index contributed by atoms with van der Waals surface area (Å²) in [7, 11) is 0. The topological polar surface area (TPSA) is 71.5 Å². The van der Waals surface area contributed by atoms with Gasteiger partial charge in [0.25, 0.3) is 11.8 Å². The van der Waals surface area contributed by atoms with Crippen LogP contribution >= 0.6 is 0 Å². The Morgan fingerprint density at radius 3 is 2.30 bits per heavy atom. The molecule has 0 bridgehead atoms. The Balaban J connectivity index is 1.68. The van der Waals surface area contributed by atoms with Gasteiger partial charge >= 0.3 is 0 Å². The van der Waals surface area contributed by atoms with Gasteiger partial charge in [-0.1, -0.05) is 36.4 Å². The van der Waals surface area contributed by atoms with Crippen molar-refractivity contribution in [1.29, 1.82) is 0 Å². The highest BCUT2D eigenvalue weighted by Crippen LogP contribution is 2.31. The van der Waals surface area contributed by atoms with Crippen LogP contribution in [0.15, 0.2) is 84.7 Å². The zero-order chi connectivity index (χ0) is 20.9. The van der Waals surface area contributed by atoms with Gasteiger partial charge in [-0.25, -0.2) is 0 Å². The molecule has 0 unspecified atom stereocenters. The van der Waals surface area contributed by atoms with Gasteiger partial charge in [-0.05, 0) is 48.9 Å². The fourth-order valence-electron chi connectivity index (χ4n) is 3.31. The molecule has 1 aliphatic heterocycles. The molecule has 0 saturated carbocycles. The molecule has 2 aromatic carbocycles. The maximum Gasteiger partial charge on any atom is 0.278 e. The van der Waals surface area contributed by atoms with E-state index >= 15 is 0 Å². The number of ether oxygens (including phenoxy) is 1. The summed E-state index contributed by atoms with van der Waals surface area (Å²) in [6, 6.07) is 21.9. The number of aromatic nitrogens is 1. The molecular weight excluding hydrogens is 378 g/mol. The molecule has 2 heterocycles. The maximum absolute atomic E-state index is 13.2. The normalized spacial score (nSPS) is 13.7. The molecule has 2 amide bonds. The minimum atomic E-state index is -0.376. The molecule has 4 rings (SSSR count). The molecule has 30 heavy (non-hydrogen) atoms. The summed E-state index contributed by atoms with van der Waals surface area (Å²) in [5.41, 5.74) is 2.64. The number of carbonyl (C=O) groups excluding carboxylic acids is 2. The van der Waals surface area contributed by atoms with Gasteiger partial charge in [0, 0.05) is 11.9 Å². The molecule has 0 aliphatic carbocycles. The lowest BCUT2D eigenvalue weighted by atomic mass is 10.0. The van der Waals surface area contributed by atoms with Crippen LogP contribution in [0.4, 0.5) is 5.69 Å². The molecule has 0 radical (unpaired) electrons. The third-order valence-corrected chi connectivity index (χ3v) is 4.71. The Bertz CT molecular complexity index is 1080. The number of nitrogens with one attached hydrogen (secondary N) is 1. The van der Waals surface area contributed by atoms with Gasteiger partial charge < -0.3 is 10.1 Å². The van der Waals surface area contributed by atoms with Gasteiger partial charge in [0.15, 0.2) is 0 Å². The zero-order valence-electron chi connectivity index (χ0n) is 16.5. The Morgan fingerprint density at radius 1 is 0.900 bits per heavy atom. The van der Waals surface area contributed by atoms with Gasteiger partial charge in [0.2, 0.25) is 0 Å². The van der Waals surface area contributed by atoms with Gasteiger partial charge in [-0.3, -0.25) is 19.5 Å². The van der Waals surface area contributed by atoms with Gasteiger partial charge in [0.1, 0.15) is 11.4 Å². The van der Waals surface area contributed by atoms with Gasteiger partial charge in [-0.15, -0.1) is 0 Å². The van der Waals surface area contributed by atoms with E-state index in [1.54, 1.807) is 18.3 Å². The van der Waals surface area contributed by atoms with Crippen molar-refractivity contribution in [1.82, 2.24) is 9.88 Å². The van der Waals surface area contributed by atoms with Crippen LogP contribution in [0, 0.1) is 0 Å². The Labute approximate surface area is 174 Å². The summed E-state index contributed by atoms with van der Waals surface area (Å²) < 4.78 is 5.47. The maximum atomic E-state index is 13.2. The first kappa shape index (κ1) is 19.4. The summed E-state index contributed by atoms with van der Waals surface area (Å²) >= 11 is 0. The lowest BCUT2D eigenvalue weighted by Gasteiger charge is -2.15. The summed E-state index contributed by atoms with van der Waals surface area (Å²) in [6.07, 6.45) is 1.64. The number of imide groups is 1. The second-order valence-corrected chi connectivity index (χ2v) is 6.72. The Morgan fingerprint density at radius 2 is 1.63 bits per heavy atom. The summed E-state index contributed by atoms with van der Waals surface area (Å²) in [4.78, 5) is 31.9.